The zero-order valence-corrected chi connectivity index (χ0v) is 22.0. The summed E-state index contributed by atoms with van der Waals surface area (Å²) in [7, 11) is 1.42. The van der Waals surface area contributed by atoms with Crippen LogP contribution in [0.4, 0.5) is 11.4 Å². The fraction of sp³-hybridized carbons (Fsp3) is 0.517. The molecule has 0 aromatic heterocycles. The number of benzene rings is 2. The Morgan fingerprint density at radius 3 is 2.12 bits per heavy atom. The lowest BCUT2D eigenvalue weighted by Crippen LogP contribution is -2.32. The number of nitrogens with one attached hydrogen (secondary N) is 1. The average molecular weight is 467 g/mol. The van der Waals surface area contributed by atoms with Crippen molar-refractivity contribution in [2.24, 2.45) is 11.8 Å². The van der Waals surface area contributed by atoms with Crippen LogP contribution in [0.25, 0.3) is 0 Å². The molecular formula is C29H42N2O3. The van der Waals surface area contributed by atoms with Gasteiger partial charge in [-0.15, -0.1) is 0 Å². The zero-order valence-electron chi connectivity index (χ0n) is 22.0. The minimum Gasteiger partial charge on any atom is -0.469 e. The van der Waals surface area contributed by atoms with Gasteiger partial charge in [-0.05, 0) is 54.4 Å². The predicted octanol–water partition coefficient (Wildman–Crippen LogP) is 6.35. The van der Waals surface area contributed by atoms with Gasteiger partial charge in [-0.3, -0.25) is 9.59 Å². The van der Waals surface area contributed by atoms with Gasteiger partial charge in [0.2, 0.25) is 5.91 Å². The van der Waals surface area contributed by atoms with Crippen LogP contribution in [0.5, 0.6) is 0 Å². The van der Waals surface area contributed by atoms with Crippen molar-refractivity contribution in [2.75, 3.05) is 30.4 Å². The second-order valence-electron chi connectivity index (χ2n) is 10.1. The smallest absolute Gasteiger partial charge is 0.306 e. The monoisotopic (exact) mass is 466 g/mol. The molecule has 1 amide bonds. The van der Waals surface area contributed by atoms with Crippen molar-refractivity contribution in [3.63, 3.8) is 0 Å². The van der Waals surface area contributed by atoms with Gasteiger partial charge in [0, 0.05) is 13.1 Å². The van der Waals surface area contributed by atoms with Crippen LogP contribution >= 0.6 is 0 Å². The van der Waals surface area contributed by atoms with Crippen LogP contribution in [-0.2, 0) is 20.7 Å². The Labute approximate surface area is 205 Å². The number of aryl methyl sites for hydroxylation is 1. The number of hydrogen-bond donors (Lipinski definition) is 1. The zero-order chi connectivity index (χ0) is 25.3. The molecule has 34 heavy (non-hydrogen) atoms. The van der Waals surface area contributed by atoms with Crippen LogP contribution in [0.3, 0.4) is 0 Å². The number of methoxy groups -OCH3 is 1. The molecular weight excluding hydrogens is 424 g/mol. The van der Waals surface area contributed by atoms with Crippen LogP contribution < -0.4 is 10.2 Å². The highest BCUT2D eigenvalue weighted by molar-refractivity contribution is 5.95. The highest BCUT2D eigenvalue weighted by atomic mass is 16.5. The lowest BCUT2D eigenvalue weighted by atomic mass is 9.92. The first kappa shape index (κ1) is 27.4. The molecule has 5 nitrogen and oxygen atoms in total. The Kier molecular flexibility index (Phi) is 10.6. The van der Waals surface area contributed by atoms with E-state index in [2.05, 4.69) is 57.0 Å². The maximum Gasteiger partial charge on any atom is 0.306 e. The molecule has 2 rings (SSSR count). The molecule has 0 heterocycles. The Morgan fingerprint density at radius 2 is 1.59 bits per heavy atom. The Balaban J connectivity index is 2.41. The third-order valence-electron chi connectivity index (χ3n) is 5.90. The summed E-state index contributed by atoms with van der Waals surface area (Å²) < 4.78 is 4.91. The van der Waals surface area contributed by atoms with Crippen LogP contribution in [0.1, 0.15) is 70.1 Å². The summed E-state index contributed by atoms with van der Waals surface area (Å²) in [5.74, 6) is 0.742. The quantitative estimate of drug-likeness (QED) is 0.370. The number of rotatable bonds is 12. The van der Waals surface area contributed by atoms with Crippen LogP contribution in [0.2, 0.25) is 0 Å². The number of hydrogen-bond acceptors (Lipinski definition) is 4. The van der Waals surface area contributed by atoms with E-state index in [1.165, 1.54) is 12.7 Å². The van der Waals surface area contributed by atoms with Crippen molar-refractivity contribution in [3.05, 3.63) is 59.2 Å². The molecule has 1 unspecified atom stereocenters. The number of amides is 1. The van der Waals surface area contributed by atoms with Gasteiger partial charge in [0.1, 0.15) is 0 Å². The van der Waals surface area contributed by atoms with Gasteiger partial charge in [-0.1, -0.05) is 70.5 Å². The van der Waals surface area contributed by atoms with Gasteiger partial charge in [0.15, 0.2) is 0 Å². The lowest BCUT2D eigenvalue weighted by molar-refractivity contribution is -0.141. The SMILES string of the molecule is CCC(CC(=O)OC)c1ccc(N(CC(C)C)CC(C)C)c(NC(=O)Cc2ccc(C)cc2)c1. The number of carbonyl (C=O) groups is 2. The third kappa shape index (κ3) is 8.51. The summed E-state index contributed by atoms with van der Waals surface area (Å²) in [6, 6.07) is 14.3. The first-order chi connectivity index (χ1) is 16.1. The molecule has 0 fully saturated rings. The Morgan fingerprint density at radius 1 is 0.971 bits per heavy atom. The van der Waals surface area contributed by atoms with Crippen molar-refractivity contribution in [1.29, 1.82) is 0 Å². The summed E-state index contributed by atoms with van der Waals surface area (Å²) in [4.78, 5) is 27.4. The van der Waals surface area contributed by atoms with Crippen molar-refractivity contribution in [1.82, 2.24) is 0 Å². The van der Waals surface area contributed by atoms with Crippen LogP contribution in [0.15, 0.2) is 42.5 Å². The summed E-state index contributed by atoms with van der Waals surface area (Å²) in [5.41, 5.74) is 5.03. The fourth-order valence-corrected chi connectivity index (χ4v) is 4.20. The second kappa shape index (κ2) is 13.2. The molecule has 0 aliphatic rings. The molecule has 0 saturated heterocycles. The molecule has 0 bridgehead atoms. The normalized spacial score (nSPS) is 12.0. The minimum absolute atomic E-state index is 0.0397. The number of nitrogens with zero attached hydrogens (tertiary/aromatic N) is 1. The van der Waals surface area contributed by atoms with E-state index in [-0.39, 0.29) is 17.8 Å². The van der Waals surface area contributed by atoms with E-state index >= 15 is 0 Å². The van der Waals surface area contributed by atoms with Crippen molar-refractivity contribution in [3.8, 4) is 0 Å². The fourth-order valence-electron chi connectivity index (χ4n) is 4.20. The lowest BCUT2D eigenvalue weighted by Gasteiger charge is -2.31. The molecule has 2 aromatic carbocycles. The molecule has 0 saturated carbocycles. The maximum atomic E-state index is 13.1. The van der Waals surface area contributed by atoms with E-state index in [0.717, 1.165) is 42.0 Å². The second-order valence-corrected chi connectivity index (χ2v) is 10.1. The molecule has 0 spiro atoms. The van der Waals surface area contributed by atoms with Gasteiger partial charge in [0.25, 0.3) is 0 Å². The van der Waals surface area contributed by atoms with Gasteiger partial charge in [0.05, 0.1) is 31.3 Å². The maximum absolute atomic E-state index is 13.1. The van der Waals surface area contributed by atoms with E-state index in [1.807, 2.05) is 37.3 Å². The molecule has 0 aliphatic carbocycles. The molecule has 1 atom stereocenters. The molecule has 186 valence electrons. The van der Waals surface area contributed by atoms with Crippen molar-refractivity contribution < 1.29 is 14.3 Å². The number of esters is 1. The van der Waals surface area contributed by atoms with Crippen LogP contribution in [-0.4, -0.2) is 32.1 Å². The van der Waals surface area contributed by atoms with Gasteiger partial charge in [-0.25, -0.2) is 0 Å². The minimum atomic E-state index is -0.220. The first-order valence-electron chi connectivity index (χ1n) is 12.4. The summed E-state index contributed by atoms with van der Waals surface area (Å²) in [6.45, 7) is 14.7. The van der Waals surface area contributed by atoms with Gasteiger partial charge >= 0.3 is 5.97 Å². The highest BCUT2D eigenvalue weighted by Crippen LogP contribution is 2.34. The molecule has 0 radical (unpaired) electrons. The molecule has 1 N–H and O–H groups in total. The average Bonchev–Trinajstić information content (AvgIpc) is 2.77. The van der Waals surface area contributed by atoms with E-state index in [1.54, 1.807) is 0 Å². The van der Waals surface area contributed by atoms with Crippen LogP contribution in [0, 0.1) is 18.8 Å². The topological polar surface area (TPSA) is 58.6 Å². The Hall–Kier alpha value is -2.82. The summed E-state index contributed by atoms with van der Waals surface area (Å²) in [6.07, 6.45) is 1.45. The van der Waals surface area contributed by atoms with Gasteiger partial charge in [-0.2, -0.15) is 0 Å². The van der Waals surface area contributed by atoms with E-state index in [4.69, 9.17) is 4.74 Å². The van der Waals surface area contributed by atoms with E-state index < -0.39 is 0 Å². The molecule has 2 aromatic rings. The third-order valence-corrected chi connectivity index (χ3v) is 5.90. The standard InChI is InChI=1S/C29H42N2O3/c1-8-24(17-29(33)34-7)25-13-14-27(31(18-20(2)3)19-21(4)5)26(16-25)30-28(32)15-23-11-9-22(6)10-12-23/h9-14,16,20-21,24H,8,15,17-19H2,1-7H3,(H,30,32). The predicted molar refractivity (Wildman–Crippen MR) is 142 cm³/mol. The van der Waals surface area contributed by atoms with E-state index in [9.17, 15) is 9.59 Å². The van der Waals surface area contributed by atoms with E-state index in [0.29, 0.717) is 24.7 Å². The molecule has 0 aliphatic heterocycles. The number of carbonyl (C=O) groups excluding carboxylic acids is 2. The summed E-state index contributed by atoms with van der Waals surface area (Å²) in [5, 5.41) is 3.19. The van der Waals surface area contributed by atoms with Gasteiger partial charge < -0.3 is 15.0 Å². The number of ether oxygens (including phenoxy) is 1. The first-order valence-corrected chi connectivity index (χ1v) is 12.4. The highest BCUT2D eigenvalue weighted by Gasteiger charge is 2.20. The van der Waals surface area contributed by atoms with Crippen molar-refractivity contribution in [2.45, 2.75) is 66.7 Å². The van der Waals surface area contributed by atoms with Crippen molar-refractivity contribution >= 4 is 23.3 Å². The Bertz CT molecular complexity index is 925. The summed E-state index contributed by atoms with van der Waals surface area (Å²) >= 11 is 0. The molecule has 5 heteroatoms. The largest absolute Gasteiger partial charge is 0.469 e. The number of anilines is 2.